The highest BCUT2D eigenvalue weighted by molar-refractivity contribution is 5.95. The van der Waals surface area contributed by atoms with Crippen molar-refractivity contribution >= 4 is 11.7 Å². The van der Waals surface area contributed by atoms with Crippen LogP contribution in [0.25, 0.3) is 0 Å². The smallest absolute Gasteiger partial charge is 0.257 e. The molecule has 1 aliphatic heterocycles. The zero-order valence-electron chi connectivity index (χ0n) is 10.2. The van der Waals surface area contributed by atoms with Gasteiger partial charge in [-0.3, -0.25) is 14.6 Å². The molecule has 0 radical (unpaired) electrons. The second-order valence-corrected chi connectivity index (χ2v) is 4.56. The molecule has 1 amide bonds. The molecule has 0 spiro atoms. The Labute approximate surface area is 105 Å². The molecule has 18 heavy (non-hydrogen) atoms. The number of amides is 1. The van der Waals surface area contributed by atoms with Crippen molar-refractivity contribution in [2.24, 2.45) is 0 Å². The summed E-state index contributed by atoms with van der Waals surface area (Å²) in [4.78, 5) is 28.6. The molecule has 1 saturated heterocycles. The molecule has 1 aliphatic rings. The van der Waals surface area contributed by atoms with Crippen molar-refractivity contribution < 1.29 is 14.0 Å². The number of aromatic nitrogens is 1. The minimum Gasteiger partial charge on any atom is -0.335 e. The largest absolute Gasteiger partial charge is 0.335 e. The third kappa shape index (κ3) is 2.55. The lowest BCUT2D eigenvalue weighted by Gasteiger charge is -2.24. The van der Waals surface area contributed by atoms with E-state index in [-0.39, 0.29) is 23.3 Å². The molecule has 0 aromatic carbocycles. The van der Waals surface area contributed by atoms with E-state index in [4.69, 9.17) is 0 Å². The van der Waals surface area contributed by atoms with Crippen molar-refractivity contribution in [1.82, 2.24) is 9.88 Å². The van der Waals surface area contributed by atoms with E-state index < -0.39 is 5.82 Å². The lowest BCUT2D eigenvalue weighted by atomic mass is 10.1. The number of hydrogen-bond donors (Lipinski definition) is 0. The first-order valence-corrected chi connectivity index (χ1v) is 5.99. The van der Waals surface area contributed by atoms with Crippen molar-refractivity contribution in [1.29, 1.82) is 0 Å². The number of carbonyl (C=O) groups excluding carboxylic acids is 2. The Bertz CT molecular complexity index is 476. The predicted molar refractivity (Wildman–Crippen MR) is 63.6 cm³/mol. The SMILES string of the molecule is CC(=O)CC1CCCN1C(=O)c1ccncc1F. The fourth-order valence-electron chi connectivity index (χ4n) is 2.35. The van der Waals surface area contributed by atoms with Gasteiger partial charge in [0.1, 0.15) is 5.78 Å². The van der Waals surface area contributed by atoms with E-state index in [1.165, 1.54) is 19.2 Å². The summed E-state index contributed by atoms with van der Waals surface area (Å²) in [6.45, 7) is 2.09. The van der Waals surface area contributed by atoms with Crippen LogP contribution in [0.15, 0.2) is 18.5 Å². The average molecular weight is 250 g/mol. The van der Waals surface area contributed by atoms with Crippen molar-refractivity contribution in [3.8, 4) is 0 Å². The van der Waals surface area contributed by atoms with Gasteiger partial charge in [0.05, 0.1) is 11.8 Å². The number of hydrogen-bond acceptors (Lipinski definition) is 3. The van der Waals surface area contributed by atoms with Gasteiger partial charge in [0.25, 0.3) is 5.91 Å². The number of nitrogens with zero attached hydrogens (tertiary/aromatic N) is 2. The van der Waals surface area contributed by atoms with Gasteiger partial charge in [0.2, 0.25) is 0 Å². The van der Waals surface area contributed by atoms with E-state index in [2.05, 4.69) is 4.98 Å². The number of rotatable bonds is 3. The first-order valence-electron chi connectivity index (χ1n) is 5.99. The second-order valence-electron chi connectivity index (χ2n) is 4.56. The zero-order valence-corrected chi connectivity index (χ0v) is 10.2. The Morgan fingerprint density at radius 3 is 3.00 bits per heavy atom. The van der Waals surface area contributed by atoms with Crippen LogP contribution < -0.4 is 0 Å². The topological polar surface area (TPSA) is 50.3 Å². The lowest BCUT2D eigenvalue weighted by molar-refractivity contribution is -0.117. The van der Waals surface area contributed by atoms with Crippen LogP contribution in [-0.2, 0) is 4.79 Å². The highest BCUT2D eigenvalue weighted by Gasteiger charge is 2.31. The van der Waals surface area contributed by atoms with Crippen LogP contribution in [0.5, 0.6) is 0 Å². The summed E-state index contributed by atoms with van der Waals surface area (Å²) >= 11 is 0. The van der Waals surface area contributed by atoms with Gasteiger partial charge in [-0.05, 0) is 25.8 Å². The van der Waals surface area contributed by atoms with Crippen LogP contribution in [0.1, 0.15) is 36.5 Å². The number of Topliss-reactive ketones (excluding diaryl/α,β-unsaturated/α-hetero) is 1. The molecular formula is C13H15FN2O2. The Balaban J connectivity index is 2.18. The van der Waals surface area contributed by atoms with Crippen LogP contribution in [0, 0.1) is 5.82 Å². The van der Waals surface area contributed by atoms with E-state index in [0.717, 1.165) is 19.0 Å². The Hall–Kier alpha value is -1.78. The summed E-state index contributed by atoms with van der Waals surface area (Å²) in [6.07, 6.45) is 4.43. The standard InChI is InChI=1S/C13H15FN2O2/c1-9(17)7-10-3-2-6-16(10)13(18)11-4-5-15-8-12(11)14/h4-5,8,10H,2-3,6-7H2,1H3. The molecule has 5 heteroatoms. The summed E-state index contributed by atoms with van der Waals surface area (Å²) in [5.74, 6) is -0.912. The monoisotopic (exact) mass is 250 g/mol. The van der Waals surface area contributed by atoms with Crippen molar-refractivity contribution in [2.75, 3.05) is 6.54 Å². The summed E-state index contributed by atoms with van der Waals surface area (Å²) < 4.78 is 13.5. The van der Waals surface area contributed by atoms with Crippen molar-refractivity contribution in [3.05, 3.63) is 29.8 Å². The maximum absolute atomic E-state index is 13.5. The van der Waals surface area contributed by atoms with E-state index in [1.54, 1.807) is 4.90 Å². The maximum Gasteiger partial charge on any atom is 0.257 e. The molecule has 1 unspecified atom stereocenters. The van der Waals surface area contributed by atoms with Crippen LogP contribution in [0.2, 0.25) is 0 Å². The van der Waals surface area contributed by atoms with Gasteiger partial charge >= 0.3 is 0 Å². The highest BCUT2D eigenvalue weighted by Crippen LogP contribution is 2.23. The second kappa shape index (κ2) is 5.25. The summed E-state index contributed by atoms with van der Waals surface area (Å²) in [5, 5.41) is 0. The van der Waals surface area contributed by atoms with Gasteiger partial charge in [0, 0.05) is 25.2 Å². The maximum atomic E-state index is 13.5. The first-order chi connectivity index (χ1) is 8.59. The van der Waals surface area contributed by atoms with Crippen LogP contribution in [-0.4, -0.2) is 34.2 Å². The van der Waals surface area contributed by atoms with E-state index in [0.29, 0.717) is 13.0 Å². The molecule has 1 atom stereocenters. The number of pyridine rings is 1. The number of halogens is 1. The fourth-order valence-corrected chi connectivity index (χ4v) is 2.35. The number of likely N-dealkylation sites (tertiary alicyclic amines) is 1. The fraction of sp³-hybridized carbons (Fsp3) is 0.462. The zero-order chi connectivity index (χ0) is 13.1. The van der Waals surface area contributed by atoms with Gasteiger partial charge in [-0.2, -0.15) is 0 Å². The Morgan fingerprint density at radius 2 is 2.33 bits per heavy atom. The van der Waals surface area contributed by atoms with Gasteiger partial charge in [0.15, 0.2) is 5.82 Å². The third-order valence-corrected chi connectivity index (χ3v) is 3.16. The average Bonchev–Trinajstić information content (AvgIpc) is 2.76. The summed E-state index contributed by atoms with van der Waals surface area (Å²) in [5.41, 5.74) is 0.0282. The molecule has 1 aromatic rings. The van der Waals surface area contributed by atoms with E-state index >= 15 is 0 Å². The van der Waals surface area contributed by atoms with Gasteiger partial charge in [-0.1, -0.05) is 0 Å². The first kappa shape index (κ1) is 12.7. The minimum absolute atomic E-state index is 0.0282. The lowest BCUT2D eigenvalue weighted by Crippen LogP contribution is -2.37. The van der Waals surface area contributed by atoms with E-state index in [1.807, 2.05) is 0 Å². The quantitative estimate of drug-likeness (QED) is 0.822. The molecule has 0 saturated carbocycles. The Morgan fingerprint density at radius 1 is 1.56 bits per heavy atom. The molecule has 4 nitrogen and oxygen atoms in total. The van der Waals surface area contributed by atoms with E-state index in [9.17, 15) is 14.0 Å². The van der Waals surface area contributed by atoms with Crippen LogP contribution >= 0.6 is 0 Å². The normalized spacial score (nSPS) is 19.0. The molecule has 0 N–H and O–H groups in total. The van der Waals surface area contributed by atoms with Crippen LogP contribution in [0.4, 0.5) is 4.39 Å². The molecule has 2 heterocycles. The Kier molecular flexibility index (Phi) is 3.69. The van der Waals surface area contributed by atoms with Gasteiger partial charge < -0.3 is 4.90 Å². The predicted octanol–water partition coefficient (Wildman–Crippen LogP) is 1.80. The molecule has 0 bridgehead atoms. The minimum atomic E-state index is -0.615. The van der Waals surface area contributed by atoms with Gasteiger partial charge in [-0.25, -0.2) is 4.39 Å². The summed E-state index contributed by atoms with van der Waals surface area (Å²) in [6, 6.07) is 1.28. The van der Waals surface area contributed by atoms with Crippen molar-refractivity contribution in [3.63, 3.8) is 0 Å². The molecule has 2 rings (SSSR count). The highest BCUT2D eigenvalue weighted by atomic mass is 19.1. The number of ketones is 1. The van der Waals surface area contributed by atoms with Crippen LogP contribution in [0.3, 0.4) is 0 Å². The summed E-state index contributed by atoms with van der Waals surface area (Å²) in [7, 11) is 0. The molecular weight excluding hydrogens is 235 g/mol. The van der Waals surface area contributed by atoms with Gasteiger partial charge in [-0.15, -0.1) is 0 Å². The molecule has 96 valence electrons. The van der Waals surface area contributed by atoms with Crippen molar-refractivity contribution in [2.45, 2.75) is 32.2 Å². The molecule has 1 aromatic heterocycles. The third-order valence-electron chi connectivity index (χ3n) is 3.16. The number of carbonyl (C=O) groups is 2. The molecule has 1 fully saturated rings. The molecule has 0 aliphatic carbocycles.